The third kappa shape index (κ3) is 3.18. The minimum Gasteiger partial charge on any atom is -0.302 e. The molecule has 2 aromatic rings. The molecule has 1 fully saturated rings. The van der Waals surface area contributed by atoms with E-state index in [2.05, 4.69) is 28.3 Å². The number of hydrogen-bond acceptors (Lipinski definition) is 3. The molecule has 0 bridgehead atoms. The second-order valence-electron chi connectivity index (χ2n) is 5.33. The van der Waals surface area contributed by atoms with Gasteiger partial charge in [0.05, 0.1) is 0 Å². The summed E-state index contributed by atoms with van der Waals surface area (Å²) in [6.45, 7) is 6.65. The number of benzene rings is 1. The van der Waals surface area contributed by atoms with Gasteiger partial charge >= 0.3 is 0 Å². The Morgan fingerprint density at radius 1 is 1.38 bits per heavy atom. The number of thioether (sulfide) groups is 1. The summed E-state index contributed by atoms with van der Waals surface area (Å²) in [4.78, 5) is 0. The molecule has 21 heavy (non-hydrogen) atoms. The molecule has 0 unspecified atom stereocenters. The molecular formula is C16H18FN3S. The second-order valence-corrected chi connectivity index (χ2v) is 6.63. The normalized spacial score (nSPS) is 15.9. The average Bonchev–Trinajstić information content (AvgIpc) is 3.25. The summed E-state index contributed by atoms with van der Waals surface area (Å²) in [6.07, 6.45) is 4.28. The molecule has 110 valence electrons. The summed E-state index contributed by atoms with van der Waals surface area (Å²) in [7, 11) is 0. The third-order valence-corrected chi connectivity index (χ3v) is 4.76. The maximum atomic E-state index is 13.0. The fraction of sp³-hybridized carbons (Fsp3) is 0.375. The first-order valence-corrected chi connectivity index (χ1v) is 8.03. The summed E-state index contributed by atoms with van der Waals surface area (Å²) in [5.41, 5.74) is 1.09. The van der Waals surface area contributed by atoms with E-state index in [0.717, 1.165) is 23.1 Å². The van der Waals surface area contributed by atoms with Gasteiger partial charge in [0.2, 0.25) is 0 Å². The second kappa shape index (κ2) is 6.02. The zero-order chi connectivity index (χ0) is 14.8. The highest BCUT2D eigenvalue weighted by molar-refractivity contribution is 7.99. The van der Waals surface area contributed by atoms with E-state index in [1.807, 2.05) is 18.2 Å². The van der Waals surface area contributed by atoms with Crippen LogP contribution in [0.25, 0.3) is 0 Å². The molecule has 3 rings (SSSR count). The van der Waals surface area contributed by atoms with Crippen molar-refractivity contribution in [1.82, 2.24) is 14.8 Å². The average molecular weight is 303 g/mol. The molecule has 1 saturated carbocycles. The van der Waals surface area contributed by atoms with Gasteiger partial charge in [0, 0.05) is 17.7 Å². The predicted octanol–water partition coefficient (Wildman–Crippen LogP) is 4.33. The summed E-state index contributed by atoms with van der Waals surface area (Å²) in [5, 5.41) is 9.79. The number of hydrogen-bond donors (Lipinski definition) is 0. The first kappa shape index (κ1) is 14.3. The molecule has 0 amide bonds. The van der Waals surface area contributed by atoms with Gasteiger partial charge in [0.15, 0.2) is 5.16 Å². The van der Waals surface area contributed by atoms with Crippen LogP contribution in [0.5, 0.6) is 0 Å². The largest absolute Gasteiger partial charge is 0.302 e. The summed E-state index contributed by atoms with van der Waals surface area (Å²) in [6, 6.07) is 6.64. The first-order valence-electron chi connectivity index (χ1n) is 7.15. The third-order valence-electron chi connectivity index (χ3n) is 3.62. The molecule has 1 atom stereocenters. The lowest BCUT2D eigenvalue weighted by atomic mass is 10.2. The Bertz CT molecular complexity index is 631. The Kier molecular flexibility index (Phi) is 4.10. The molecule has 0 N–H and O–H groups in total. The molecule has 0 aliphatic heterocycles. The summed E-state index contributed by atoms with van der Waals surface area (Å²) >= 11 is 1.65. The van der Waals surface area contributed by atoms with Crippen molar-refractivity contribution in [2.75, 3.05) is 0 Å². The smallest absolute Gasteiger partial charge is 0.192 e. The van der Waals surface area contributed by atoms with Gasteiger partial charge in [-0.3, -0.25) is 0 Å². The molecule has 1 aromatic carbocycles. The highest BCUT2D eigenvalue weighted by Gasteiger charge is 2.30. The SMILES string of the molecule is C=CCn1c(S[C@H](C)c2ccc(F)cc2)nnc1C1CC1. The summed E-state index contributed by atoms with van der Waals surface area (Å²) in [5.74, 6) is 1.43. The zero-order valence-corrected chi connectivity index (χ0v) is 12.8. The molecule has 0 saturated heterocycles. The molecule has 5 heteroatoms. The molecule has 1 heterocycles. The summed E-state index contributed by atoms with van der Waals surface area (Å²) < 4.78 is 15.1. The standard InChI is InChI=1S/C16H18FN3S/c1-3-10-20-15(13-4-5-13)18-19-16(20)21-11(2)12-6-8-14(17)9-7-12/h3,6-9,11,13H,1,4-5,10H2,2H3/t11-/m1/s1. The van der Waals surface area contributed by atoms with E-state index in [1.165, 1.54) is 25.0 Å². The lowest BCUT2D eigenvalue weighted by Gasteiger charge is -2.12. The maximum Gasteiger partial charge on any atom is 0.192 e. The molecule has 3 nitrogen and oxygen atoms in total. The highest BCUT2D eigenvalue weighted by atomic mass is 32.2. The van der Waals surface area contributed by atoms with Gasteiger partial charge in [-0.05, 0) is 37.5 Å². The molecule has 1 aromatic heterocycles. The lowest BCUT2D eigenvalue weighted by molar-refractivity contribution is 0.627. The Hall–Kier alpha value is -1.62. The number of rotatable bonds is 6. The monoisotopic (exact) mass is 303 g/mol. The number of aromatic nitrogens is 3. The van der Waals surface area contributed by atoms with E-state index >= 15 is 0 Å². The van der Waals surface area contributed by atoms with Crippen molar-refractivity contribution in [1.29, 1.82) is 0 Å². The van der Waals surface area contributed by atoms with Crippen LogP contribution in [0, 0.1) is 5.82 Å². The fourth-order valence-corrected chi connectivity index (χ4v) is 3.28. The topological polar surface area (TPSA) is 30.7 Å². The van der Waals surface area contributed by atoms with Crippen molar-refractivity contribution >= 4 is 11.8 Å². The van der Waals surface area contributed by atoms with Crippen LogP contribution in [0.3, 0.4) is 0 Å². The van der Waals surface area contributed by atoms with Gasteiger partial charge in [-0.2, -0.15) is 0 Å². The van der Waals surface area contributed by atoms with Crippen molar-refractivity contribution in [2.45, 2.75) is 42.6 Å². The molecular weight excluding hydrogens is 285 g/mol. The number of allylic oxidation sites excluding steroid dienone is 1. The predicted molar refractivity (Wildman–Crippen MR) is 82.9 cm³/mol. The Morgan fingerprint density at radius 3 is 2.71 bits per heavy atom. The van der Waals surface area contributed by atoms with Crippen molar-refractivity contribution in [3.63, 3.8) is 0 Å². The van der Waals surface area contributed by atoms with Crippen LogP contribution in [-0.4, -0.2) is 14.8 Å². The van der Waals surface area contributed by atoms with Gasteiger partial charge < -0.3 is 4.57 Å². The van der Waals surface area contributed by atoms with Gasteiger partial charge in [0.25, 0.3) is 0 Å². The van der Waals surface area contributed by atoms with E-state index in [0.29, 0.717) is 5.92 Å². The Labute approximate surface area is 128 Å². The van der Waals surface area contributed by atoms with Gasteiger partial charge in [-0.1, -0.05) is 30.0 Å². The number of halogens is 1. The van der Waals surface area contributed by atoms with Crippen LogP contribution >= 0.6 is 11.8 Å². The Balaban J connectivity index is 1.80. The van der Waals surface area contributed by atoms with E-state index in [4.69, 9.17) is 0 Å². The highest BCUT2D eigenvalue weighted by Crippen LogP contribution is 2.41. The quantitative estimate of drug-likeness (QED) is 0.587. The van der Waals surface area contributed by atoms with Crippen molar-refractivity contribution in [2.24, 2.45) is 0 Å². The molecule has 0 radical (unpaired) electrons. The Morgan fingerprint density at radius 2 is 2.10 bits per heavy atom. The van der Waals surface area contributed by atoms with Crippen LogP contribution in [0.2, 0.25) is 0 Å². The minimum atomic E-state index is -0.207. The van der Waals surface area contributed by atoms with Gasteiger partial charge in [0.1, 0.15) is 11.6 Å². The van der Waals surface area contributed by atoms with Crippen LogP contribution in [-0.2, 0) is 6.54 Å². The lowest BCUT2D eigenvalue weighted by Crippen LogP contribution is -2.03. The van der Waals surface area contributed by atoms with Crippen molar-refractivity contribution in [3.8, 4) is 0 Å². The molecule has 1 aliphatic rings. The van der Waals surface area contributed by atoms with Gasteiger partial charge in [-0.15, -0.1) is 16.8 Å². The minimum absolute atomic E-state index is 0.199. The van der Waals surface area contributed by atoms with E-state index in [9.17, 15) is 4.39 Å². The zero-order valence-electron chi connectivity index (χ0n) is 12.0. The van der Waals surface area contributed by atoms with Crippen molar-refractivity contribution < 1.29 is 4.39 Å². The van der Waals surface area contributed by atoms with Crippen LogP contribution in [0.4, 0.5) is 4.39 Å². The van der Waals surface area contributed by atoms with E-state index < -0.39 is 0 Å². The van der Waals surface area contributed by atoms with E-state index in [-0.39, 0.29) is 11.1 Å². The van der Waals surface area contributed by atoms with Crippen LogP contribution < -0.4 is 0 Å². The van der Waals surface area contributed by atoms with Crippen molar-refractivity contribution in [3.05, 3.63) is 54.1 Å². The number of nitrogens with zero attached hydrogens (tertiary/aromatic N) is 3. The molecule has 0 spiro atoms. The first-order chi connectivity index (χ1) is 10.2. The molecule has 1 aliphatic carbocycles. The van der Waals surface area contributed by atoms with Crippen LogP contribution in [0.1, 0.15) is 42.3 Å². The van der Waals surface area contributed by atoms with Crippen LogP contribution in [0.15, 0.2) is 42.1 Å². The fourth-order valence-electron chi connectivity index (χ4n) is 2.29. The van der Waals surface area contributed by atoms with Gasteiger partial charge in [-0.25, -0.2) is 4.39 Å². The maximum absolute atomic E-state index is 13.0. The van der Waals surface area contributed by atoms with E-state index in [1.54, 1.807) is 11.8 Å².